The lowest BCUT2D eigenvalue weighted by molar-refractivity contribution is 0.0600. The van der Waals surface area contributed by atoms with Crippen LogP contribution in [0.2, 0.25) is 5.02 Å². The zero-order valence-corrected chi connectivity index (χ0v) is 11.2. The number of ether oxygens (including phenoxy) is 1. The largest absolute Gasteiger partial charge is 0.465 e. The molecule has 0 aliphatic carbocycles. The average Bonchev–Trinajstić information content (AvgIpc) is 2.91. The molecule has 3 rings (SSSR count). The molecule has 0 atom stereocenters. The Kier molecular flexibility index (Phi) is 3.08. The lowest BCUT2D eigenvalue weighted by Gasteiger charge is -2.04. The fraction of sp³-hybridized carbons (Fsp3) is 0.0769. The van der Waals surface area contributed by atoms with Gasteiger partial charge in [0.1, 0.15) is 0 Å². The number of esters is 1. The molecule has 0 saturated heterocycles. The number of rotatable bonds is 2. The van der Waals surface area contributed by atoms with Gasteiger partial charge in [-0.05, 0) is 18.2 Å². The van der Waals surface area contributed by atoms with E-state index in [0.717, 1.165) is 5.56 Å². The van der Waals surface area contributed by atoms with Gasteiger partial charge in [-0.15, -0.1) is 10.2 Å². The summed E-state index contributed by atoms with van der Waals surface area (Å²) >= 11 is 6.12. The Hall–Kier alpha value is -2.47. The molecule has 100 valence electrons. The number of hydrogen-bond donors (Lipinski definition) is 0. The van der Waals surface area contributed by atoms with Gasteiger partial charge in [0.05, 0.1) is 17.7 Å². The summed E-state index contributed by atoms with van der Waals surface area (Å²) in [6.07, 6.45) is 4.91. The van der Waals surface area contributed by atoms with Crippen LogP contribution in [-0.4, -0.2) is 32.7 Å². The predicted molar refractivity (Wildman–Crippen MR) is 72.6 cm³/mol. The first kappa shape index (κ1) is 12.6. The molecule has 0 aliphatic rings. The summed E-state index contributed by atoms with van der Waals surface area (Å²) in [6, 6.07) is 5.11. The highest BCUT2D eigenvalue weighted by molar-refractivity contribution is 6.33. The molecule has 3 aromatic rings. The van der Waals surface area contributed by atoms with Gasteiger partial charge in [-0.1, -0.05) is 11.6 Å². The first-order chi connectivity index (χ1) is 9.70. The predicted octanol–water partition coefficient (Wildman–Crippen LogP) is 2.23. The molecule has 3 aromatic heterocycles. The molecule has 0 saturated carbocycles. The van der Waals surface area contributed by atoms with Crippen LogP contribution in [0.3, 0.4) is 0 Å². The van der Waals surface area contributed by atoms with E-state index in [0.29, 0.717) is 22.1 Å². The molecular formula is C13H9ClN4O2. The van der Waals surface area contributed by atoms with Gasteiger partial charge >= 0.3 is 5.97 Å². The minimum atomic E-state index is -0.469. The normalized spacial score (nSPS) is 10.7. The van der Waals surface area contributed by atoms with Crippen LogP contribution >= 0.6 is 11.6 Å². The van der Waals surface area contributed by atoms with Crippen LogP contribution < -0.4 is 0 Å². The van der Waals surface area contributed by atoms with Crippen molar-refractivity contribution in [3.8, 4) is 11.4 Å². The quantitative estimate of drug-likeness (QED) is 0.676. The van der Waals surface area contributed by atoms with Gasteiger partial charge < -0.3 is 4.74 Å². The van der Waals surface area contributed by atoms with Gasteiger partial charge in [-0.3, -0.25) is 9.38 Å². The Morgan fingerprint density at radius 1 is 1.30 bits per heavy atom. The molecule has 0 fully saturated rings. The van der Waals surface area contributed by atoms with E-state index in [9.17, 15) is 4.79 Å². The number of carbonyl (C=O) groups is 1. The zero-order valence-electron chi connectivity index (χ0n) is 10.4. The summed E-state index contributed by atoms with van der Waals surface area (Å²) in [5.74, 6) is 0.109. The maximum Gasteiger partial charge on any atom is 0.339 e. The van der Waals surface area contributed by atoms with Crippen LogP contribution in [0.5, 0.6) is 0 Å². The average molecular weight is 289 g/mol. The fourth-order valence-electron chi connectivity index (χ4n) is 1.88. The highest BCUT2D eigenvalue weighted by atomic mass is 35.5. The van der Waals surface area contributed by atoms with Crippen LogP contribution in [0.1, 0.15) is 10.4 Å². The summed E-state index contributed by atoms with van der Waals surface area (Å²) < 4.78 is 6.36. The van der Waals surface area contributed by atoms with Gasteiger partial charge in [0.15, 0.2) is 11.5 Å². The van der Waals surface area contributed by atoms with Crippen molar-refractivity contribution >= 4 is 23.2 Å². The number of carbonyl (C=O) groups excluding carboxylic acids is 1. The van der Waals surface area contributed by atoms with Gasteiger partial charge in [-0.25, -0.2) is 4.79 Å². The van der Waals surface area contributed by atoms with Gasteiger partial charge in [0.25, 0.3) is 0 Å². The SMILES string of the molecule is COC(=O)c1cc(Cl)c2nnc(-c3ccncc3)n2c1. The van der Waals surface area contributed by atoms with Gasteiger partial charge in [-0.2, -0.15) is 0 Å². The molecule has 0 radical (unpaired) electrons. The van der Waals surface area contributed by atoms with E-state index in [1.165, 1.54) is 13.2 Å². The third kappa shape index (κ3) is 2.00. The van der Waals surface area contributed by atoms with Gasteiger partial charge in [0, 0.05) is 24.2 Å². The molecular weight excluding hydrogens is 280 g/mol. The Labute approximate surface area is 119 Å². The minimum absolute atomic E-state index is 0.333. The fourth-order valence-corrected chi connectivity index (χ4v) is 2.13. The number of nitrogens with zero attached hydrogens (tertiary/aromatic N) is 4. The first-order valence-electron chi connectivity index (χ1n) is 5.73. The molecule has 7 heteroatoms. The standard InChI is InChI=1S/C13H9ClN4O2/c1-20-13(19)9-6-10(14)12-17-16-11(18(12)7-9)8-2-4-15-5-3-8/h2-7H,1H3. The Morgan fingerprint density at radius 3 is 2.75 bits per heavy atom. The van der Waals surface area contributed by atoms with Crippen LogP contribution in [0.4, 0.5) is 0 Å². The molecule has 20 heavy (non-hydrogen) atoms. The smallest absolute Gasteiger partial charge is 0.339 e. The van der Waals surface area contributed by atoms with Crippen molar-refractivity contribution in [3.05, 3.63) is 47.4 Å². The van der Waals surface area contributed by atoms with Crippen molar-refractivity contribution in [2.45, 2.75) is 0 Å². The summed E-state index contributed by atoms with van der Waals surface area (Å²) in [5.41, 5.74) is 1.64. The zero-order chi connectivity index (χ0) is 14.1. The summed E-state index contributed by atoms with van der Waals surface area (Å²) in [7, 11) is 1.32. The van der Waals surface area contributed by atoms with Crippen molar-refractivity contribution in [1.29, 1.82) is 0 Å². The maximum atomic E-state index is 11.6. The molecule has 0 aromatic carbocycles. The van der Waals surface area contributed by atoms with Crippen LogP contribution in [0, 0.1) is 0 Å². The number of halogens is 1. The van der Waals surface area contributed by atoms with E-state index in [2.05, 4.69) is 15.2 Å². The van der Waals surface area contributed by atoms with Crippen molar-refractivity contribution in [3.63, 3.8) is 0 Å². The van der Waals surface area contributed by atoms with E-state index < -0.39 is 5.97 Å². The Morgan fingerprint density at radius 2 is 2.05 bits per heavy atom. The first-order valence-corrected chi connectivity index (χ1v) is 6.11. The van der Waals surface area contributed by atoms with Crippen molar-refractivity contribution in [1.82, 2.24) is 19.6 Å². The Bertz CT molecular complexity index is 786. The molecule has 0 unspecified atom stereocenters. The molecule has 0 N–H and O–H groups in total. The molecule has 0 spiro atoms. The van der Waals surface area contributed by atoms with Crippen LogP contribution in [-0.2, 0) is 4.74 Å². The van der Waals surface area contributed by atoms with E-state index in [4.69, 9.17) is 16.3 Å². The second-order valence-corrected chi connectivity index (χ2v) is 4.43. The Balaban J connectivity index is 2.25. The van der Waals surface area contributed by atoms with Crippen LogP contribution in [0.15, 0.2) is 36.8 Å². The number of fused-ring (bicyclic) bond motifs is 1. The third-order valence-corrected chi connectivity index (χ3v) is 3.10. The number of pyridine rings is 2. The molecule has 0 bridgehead atoms. The van der Waals surface area contributed by atoms with Crippen LogP contribution in [0.25, 0.3) is 17.0 Å². The summed E-state index contributed by atoms with van der Waals surface area (Å²) in [4.78, 5) is 15.6. The monoisotopic (exact) mass is 288 g/mol. The topological polar surface area (TPSA) is 69.4 Å². The second kappa shape index (κ2) is 4.90. The maximum absolute atomic E-state index is 11.6. The number of hydrogen-bond acceptors (Lipinski definition) is 5. The number of aromatic nitrogens is 4. The molecule has 3 heterocycles. The highest BCUT2D eigenvalue weighted by Gasteiger charge is 2.15. The lowest BCUT2D eigenvalue weighted by atomic mass is 10.2. The van der Waals surface area contributed by atoms with Crippen molar-refractivity contribution in [2.24, 2.45) is 0 Å². The van der Waals surface area contributed by atoms with E-state index in [1.54, 1.807) is 35.1 Å². The molecule has 0 aliphatic heterocycles. The second-order valence-electron chi connectivity index (χ2n) is 4.02. The minimum Gasteiger partial charge on any atom is -0.465 e. The third-order valence-electron chi connectivity index (χ3n) is 2.82. The van der Waals surface area contributed by atoms with Crippen molar-refractivity contribution < 1.29 is 9.53 Å². The lowest BCUT2D eigenvalue weighted by Crippen LogP contribution is -2.03. The van der Waals surface area contributed by atoms with E-state index in [-0.39, 0.29) is 0 Å². The van der Waals surface area contributed by atoms with Crippen molar-refractivity contribution in [2.75, 3.05) is 7.11 Å². The van der Waals surface area contributed by atoms with E-state index in [1.807, 2.05) is 0 Å². The summed E-state index contributed by atoms with van der Waals surface area (Å²) in [5, 5.41) is 8.46. The summed E-state index contributed by atoms with van der Waals surface area (Å²) in [6.45, 7) is 0. The molecule has 6 nitrogen and oxygen atoms in total. The van der Waals surface area contributed by atoms with E-state index >= 15 is 0 Å². The molecule has 0 amide bonds. The van der Waals surface area contributed by atoms with Gasteiger partial charge in [0.2, 0.25) is 0 Å². The highest BCUT2D eigenvalue weighted by Crippen LogP contribution is 2.23. The number of methoxy groups -OCH3 is 1.